The zero-order valence-electron chi connectivity index (χ0n) is 14.0. The van der Waals surface area contributed by atoms with Crippen molar-refractivity contribution in [3.8, 4) is 6.07 Å². The van der Waals surface area contributed by atoms with Crippen LogP contribution in [0.4, 0.5) is 17.1 Å². The molecule has 24 heavy (non-hydrogen) atoms. The highest BCUT2D eigenvalue weighted by atomic mass is 16.1. The lowest BCUT2D eigenvalue weighted by Gasteiger charge is -2.21. The molecule has 0 fully saturated rings. The largest absolute Gasteiger partial charge is 0.376 e. The molecule has 124 valence electrons. The lowest BCUT2D eigenvalue weighted by Crippen LogP contribution is -2.23. The standard InChI is InChI=1S/C19H22N4O/c1-3-23(4-2)18-11-9-17(10-12-18)22-19(24)14-21-16-7-5-15(13-20)6-8-16/h5-12,21H,3-4,14H2,1-2H3,(H,22,24). The molecule has 0 spiro atoms. The Kier molecular flexibility index (Phi) is 6.21. The fourth-order valence-electron chi connectivity index (χ4n) is 2.39. The van der Waals surface area contributed by atoms with Gasteiger partial charge in [0.05, 0.1) is 18.2 Å². The van der Waals surface area contributed by atoms with E-state index < -0.39 is 0 Å². The summed E-state index contributed by atoms with van der Waals surface area (Å²) in [7, 11) is 0. The number of hydrogen-bond donors (Lipinski definition) is 2. The van der Waals surface area contributed by atoms with Crippen LogP contribution in [0.5, 0.6) is 0 Å². The van der Waals surface area contributed by atoms with E-state index in [-0.39, 0.29) is 12.5 Å². The Hall–Kier alpha value is -3.00. The molecule has 2 N–H and O–H groups in total. The van der Waals surface area contributed by atoms with Crippen LogP contribution in [-0.4, -0.2) is 25.5 Å². The fraction of sp³-hybridized carbons (Fsp3) is 0.263. The van der Waals surface area contributed by atoms with Crippen LogP contribution in [0.15, 0.2) is 48.5 Å². The minimum atomic E-state index is -0.116. The average Bonchev–Trinajstić information content (AvgIpc) is 2.63. The molecular weight excluding hydrogens is 300 g/mol. The molecule has 0 saturated heterocycles. The number of amides is 1. The van der Waals surface area contributed by atoms with E-state index in [0.717, 1.165) is 30.2 Å². The minimum Gasteiger partial charge on any atom is -0.376 e. The molecule has 0 aromatic heterocycles. The van der Waals surface area contributed by atoms with Crippen LogP contribution in [0.1, 0.15) is 19.4 Å². The van der Waals surface area contributed by atoms with Crippen molar-refractivity contribution in [1.29, 1.82) is 5.26 Å². The third-order valence-electron chi connectivity index (χ3n) is 3.75. The van der Waals surface area contributed by atoms with E-state index in [1.807, 2.05) is 24.3 Å². The number of rotatable bonds is 7. The second kappa shape index (κ2) is 8.59. The number of carbonyl (C=O) groups excluding carboxylic acids is 1. The number of nitrogens with one attached hydrogen (secondary N) is 2. The van der Waals surface area contributed by atoms with E-state index in [1.165, 1.54) is 0 Å². The van der Waals surface area contributed by atoms with Crippen molar-refractivity contribution < 1.29 is 4.79 Å². The van der Waals surface area contributed by atoms with Crippen LogP contribution in [0.25, 0.3) is 0 Å². The molecule has 0 bridgehead atoms. The number of carbonyl (C=O) groups is 1. The number of nitriles is 1. The third kappa shape index (κ3) is 4.75. The van der Waals surface area contributed by atoms with E-state index in [2.05, 4.69) is 35.5 Å². The summed E-state index contributed by atoms with van der Waals surface area (Å²) < 4.78 is 0. The quantitative estimate of drug-likeness (QED) is 0.819. The summed E-state index contributed by atoms with van der Waals surface area (Å²) in [6.45, 7) is 6.32. The highest BCUT2D eigenvalue weighted by molar-refractivity contribution is 5.93. The Morgan fingerprint density at radius 3 is 2.12 bits per heavy atom. The maximum Gasteiger partial charge on any atom is 0.243 e. The van der Waals surface area contributed by atoms with Crippen LogP contribution in [0.2, 0.25) is 0 Å². The number of nitrogens with zero attached hydrogens (tertiary/aromatic N) is 2. The Morgan fingerprint density at radius 2 is 1.58 bits per heavy atom. The van der Waals surface area contributed by atoms with E-state index in [4.69, 9.17) is 5.26 Å². The van der Waals surface area contributed by atoms with Gasteiger partial charge in [0.2, 0.25) is 5.91 Å². The van der Waals surface area contributed by atoms with Crippen molar-refractivity contribution in [1.82, 2.24) is 0 Å². The van der Waals surface area contributed by atoms with E-state index >= 15 is 0 Å². The molecule has 0 unspecified atom stereocenters. The van der Waals surface area contributed by atoms with Gasteiger partial charge in [-0.25, -0.2) is 0 Å². The first-order valence-corrected chi connectivity index (χ1v) is 8.05. The summed E-state index contributed by atoms with van der Waals surface area (Å²) in [4.78, 5) is 14.3. The fourth-order valence-corrected chi connectivity index (χ4v) is 2.39. The highest BCUT2D eigenvalue weighted by Crippen LogP contribution is 2.17. The average molecular weight is 322 g/mol. The van der Waals surface area contributed by atoms with Crippen molar-refractivity contribution in [3.63, 3.8) is 0 Å². The molecule has 2 rings (SSSR count). The highest BCUT2D eigenvalue weighted by Gasteiger charge is 2.05. The van der Waals surface area contributed by atoms with Gasteiger partial charge in [0, 0.05) is 30.2 Å². The molecule has 0 atom stereocenters. The Morgan fingerprint density at radius 1 is 1.00 bits per heavy atom. The topological polar surface area (TPSA) is 68.2 Å². The van der Waals surface area contributed by atoms with Gasteiger partial charge < -0.3 is 15.5 Å². The summed E-state index contributed by atoms with van der Waals surface area (Å²) in [6.07, 6.45) is 0. The summed E-state index contributed by atoms with van der Waals surface area (Å²) in [5, 5.41) is 14.7. The van der Waals surface area contributed by atoms with E-state index in [1.54, 1.807) is 24.3 Å². The predicted octanol–water partition coefficient (Wildman–Crippen LogP) is 3.46. The van der Waals surface area contributed by atoms with E-state index in [9.17, 15) is 4.79 Å². The molecule has 5 nitrogen and oxygen atoms in total. The predicted molar refractivity (Wildman–Crippen MR) is 98.3 cm³/mol. The molecule has 5 heteroatoms. The van der Waals surface area contributed by atoms with Crippen molar-refractivity contribution >= 4 is 23.0 Å². The first-order valence-electron chi connectivity index (χ1n) is 8.05. The van der Waals surface area contributed by atoms with Gasteiger partial charge in [0.25, 0.3) is 0 Å². The normalized spacial score (nSPS) is 9.88. The third-order valence-corrected chi connectivity index (χ3v) is 3.75. The SMILES string of the molecule is CCN(CC)c1ccc(NC(=O)CNc2ccc(C#N)cc2)cc1. The van der Waals surface area contributed by atoms with Gasteiger partial charge in [-0.3, -0.25) is 4.79 Å². The van der Waals surface area contributed by atoms with Gasteiger partial charge in [0.15, 0.2) is 0 Å². The Labute approximate surface area is 142 Å². The first kappa shape index (κ1) is 17.4. The van der Waals surface area contributed by atoms with Gasteiger partial charge in [-0.2, -0.15) is 5.26 Å². The summed E-state index contributed by atoms with van der Waals surface area (Å²) in [6, 6.07) is 16.9. The van der Waals surface area contributed by atoms with Crippen LogP contribution >= 0.6 is 0 Å². The molecule has 1 amide bonds. The molecule has 0 aliphatic heterocycles. The zero-order chi connectivity index (χ0) is 17.4. The maximum atomic E-state index is 12.0. The zero-order valence-corrected chi connectivity index (χ0v) is 14.0. The second-order valence-electron chi connectivity index (χ2n) is 5.31. The lowest BCUT2D eigenvalue weighted by atomic mass is 10.2. The molecule has 0 aliphatic carbocycles. The molecule has 0 heterocycles. The molecule has 0 radical (unpaired) electrons. The molecule has 0 saturated carbocycles. The van der Waals surface area contributed by atoms with Gasteiger partial charge >= 0.3 is 0 Å². The first-order chi connectivity index (χ1) is 11.7. The monoisotopic (exact) mass is 322 g/mol. The van der Waals surface area contributed by atoms with Crippen molar-refractivity contribution in [2.24, 2.45) is 0 Å². The van der Waals surface area contributed by atoms with Crippen LogP contribution in [0.3, 0.4) is 0 Å². The smallest absolute Gasteiger partial charge is 0.243 e. The summed E-state index contributed by atoms with van der Waals surface area (Å²) >= 11 is 0. The van der Waals surface area contributed by atoms with Gasteiger partial charge in [-0.1, -0.05) is 0 Å². The Balaban J connectivity index is 1.86. The van der Waals surface area contributed by atoms with Gasteiger partial charge in [-0.15, -0.1) is 0 Å². The second-order valence-corrected chi connectivity index (χ2v) is 5.31. The molecule has 0 aliphatic rings. The number of anilines is 3. The molecule has 2 aromatic carbocycles. The molecular formula is C19H22N4O. The number of hydrogen-bond acceptors (Lipinski definition) is 4. The van der Waals surface area contributed by atoms with Gasteiger partial charge in [0.1, 0.15) is 0 Å². The van der Waals surface area contributed by atoms with Crippen LogP contribution in [-0.2, 0) is 4.79 Å². The minimum absolute atomic E-state index is 0.116. The van der Waals surface area contributed by atoms with Gasteiger partial charge in [-0.05, 0) is 62.4 Å². The maximum absolute atomic E-state index is 12.0. The van der Waals surface area contributed by atoms with Crippen molar-refractivity contribution in [3.05, 3.63) is 54.1 Å². The van der Waals surface area contributed by atoms with E-state index in [0.29, 0.717) is 5.56 Å². The lowest BCUT2D eigenvalue weighted by molar-refractivity contribution is -0.114. The summed E-state index contributed by atoms with van der Waals surface area (Å²) in [5.41, 5.74) is 3.32. The van der Waals surface area contributed by atoms with Crippen molar-refractivity contribution in [2.45, 2.75) is 13.8 Å². The number of benzene rings is 2. The van der Waals surface area contributed by atoms with Crippen LogP contribution < -0.4 is 15.5 Å². The van der Waals surface area contributed by atoms with Crippen LogP contribution in [0, 0.1) is 11.3 Å². The Bertz CT molecular complexity index is 698. The van der Waals surface area contributed by atoms with Crippen molar-refractivity contribution in [2.75, 3.05) is 35.2 Å². The molecule has 2 aromatic rings. The summed E-state index contributed by atoms with van der Waals surface area (Å²) in [5.74, 6) is -0.116.